The molecule has 4 rings (SSSR count). The summed E-state index contributed by atoms with van der Waals surface area (Å²) in [5.41, 5.74) is 0.0943. The van der Waals surface area contributed by atoms with E-state index in [2.05, 4.69) is 20.9 Å². The monoisotopic (exact) mass is 550 g/mol. The number of nitrogens with zero attached hydrogens (tertiary/aromatic N) is 2. The summed E-state index contributed by atoms with van der Waals surface area (Å²) in [5.74, 6) is -1.62. The van der Waals surface area contributed by atoms with Crippen molar-refractivity contribution >= 4 is 32.7 Å². The quantitative estimate of drug-likeness (QED) is 0.370. The number of rotatable bonds is 9. The van der Waals surface area contributed by atoms with E-state index in [1.807, 2.05) is 0 Å². The SMILES string of the molecule is CC(C)(CO)OCC(=O)c1cc2c(ncn2CC2CCCCO2)c(F)c1Cc1ccc(Br)cc1F. The second-order valence-electron chi connectivity index (χ2n) is 9.51. The molecule has 1 unspecified atom stereocenters. The van der Waals surface area contributed by atoms with Gasteiger partial charge in [0, 0.05) is 28.6 Å². The molecule has 1 saturated heterocycles. The van der Waals surface area contributed by atoms with Gasteiger partial charge in [-0.25, -0.2) is 13.8 Å². The van der Waals surface area contributed by atoms with Crippen molar-refractivity contribution in [2.75, 3.05) is 19.8 Å². The highest BCUT2D eigenvalue weighted by Crippen LogP contribution is 2.29. The zero-order valence-corrected chi connectivity index (χ0v) is 21.4. The van der Waals surface area contributed by atoms with E-state index in [0.717, 1.165) is 19.3 Å². The fraction of sp³-hybridized carbons (Fsp3) is 0.462. The topological polar surface area (TPSA) is 73.6 Å². The Morgan fingerprint density at radius 2 is 2.11 bits per heavy atom. The second-order valence-corrected chi connectivity index (χ2v) is 10.4. The van der Waals surface area contributed by atoms with Gasteiger partial charge in [-0.1, -0.05) is 22.0 Å². The Morgan fingerprint density at radius 1 is 1.31 bits per heavy atom. The van der Waals surface area contributed by atoms with Crippen LogP contribution in [0.25, 0.3) is 11.0 Å². The number of benzene rings is 2. The van der Waals surface area contributed by atoms with Crippen LogP contribution < -0.4 is 0 Å². The molecule has 188 valence electrons. The van der Waals surface area contributed by atoms with Crippen LogP contribution in [0.1, 0.15) is 54.6 Å². The molecule has 1 fully saturated rings. The number of hydrogen-bond donors (Lipinski definition) is 1. The number of fused-ring (bicyclic) bond motifs is 1. The third kappa shape index (κ3) is 5.97. The van der Waals surface area contributed by atoms with E-state index < -0.39 is 23.0 Å². The van der Waals surface area contributed by atoms with Gasteiger partial charge in [0.05, 0.1) is 36.7 Å². The van der Waals surface area contributed by atoms with Gasteiger partial charge in [-0.3, -0.25) is 4.79 Å². The van der Waals surface area contributed by atoms with Crippen molar-refractivity contribution in [2.24, 2.45) is 0 Å². The Bertz CT molecular complexity index is 1220. The normalized spacial score (nSPS) is 16.7. The standard InChI is InChI=1S/C26H29BrF2N2O4/c1-26(2,14-32)35-13-23(33)19-11-22-25(30-15-31(22)12-18-5-3-4-8-34-18)24(29)20(19)9-16-6-7-17(27)10-21(16)28/h6-7,10-11,15,18,32H,3-5,8-9,12-14H2,1-2H3. The fourth-order valence-electron chi connectivity index (χ4n) is 4.17. The zero-order chi connectivity index (χ0) is 25.2. The molecule has 1 aliphatic heterocycles. The summed E-state index contributed by atoms with van der Waals surface area (Å²) < 4.78 is 44.2. The number of aromatic nitrogens is 2. The number of ketones is 1. The van der Waals surface area contributed by atoms with Crippen LogP contribution in [0.4, 0.5) is 8.78 Å². The van der Waals surface area contributed by atoms with Crippen molar-refractivity contribution in [3.63, 3.8) is 0 Å². The van der Waals surface area contributed by atoms with Gasteiger partial charge in [-0.2, -0.15) is 0 Å². The lowest BCUT2D eigenvalue weighted by Crippen LogP contribution is -2.31. The zero-order valence-electron chi connectivity index (χ0n) is 19.8. The van der Waals surface area contributed by atoms with Crippen LogP contribution >= 0.6 is 15.9 Å². The molecule has 0 saturated carbocycles. The summed E-state index contributed by atoms with van der Waals surface area (Å²) in [7, 11) is 0. The van der Waals surface area contributed by atoms with E-state index in [-0.39, 0.29) is 47.9 Å². The minimum absolute atomic E-state index is 0.00594. The van der Waals surface area contributed by atoms with Crippen molar-refractivity contribution in [2.45, 2.75) is 57.8 Å². The number of carbonyl (C=O) groups excluding carboxylic acids is 1. The third-order valence-corrected chi connectivity index (χ3v) is 6.78. The molecule has 0 radical (unpaired) electrons. The van der Waals surface area contributed by atoms with Gasteiger partial charge in [-0.05, 0) is 56.9 Å². The van der Waals surface area contributed by atoms with Crippen molar-refractivity contribution in [3.05, 3.63) is 63.4 Å². The number of aliphatic hydroxyl groups excluding tert-OH is 1. The average Bonchev–Trinajstić information content (AvgIpc) is 3.24. The van der Waals surface area contributed by atoms with Crippen molar-refractivity contribution in [1.82, 2.24) is 9.55 Å². The lowest BCUT2D eigenvalue weighted by Gasteiger charge is -2.23. The molecule has 1 aromatic heterocycles. The number of aliphatic hydroxyl groups is 1. The van der Waals surface area contributed by atoms with Crippen LogP contribution in [0.15, 0.2) is 35.1 Å². The van der Waals surface area contributed by atoms with Crippen LogP contribution in [-0.2, 0) is 22.4 Å². The molecule has 6 nitrogen and oxygen atoms in total. The van der Waals surface area contributed by atoms with E-state index in [1.165, 1.54) is 6.07 Å². The fourth-order valence-corrected chi connectivity index (χ4v) is 4.51. The van der Waals surface area contributed by atoms with Gasteiger partial charge in [0.2, 0.25) is 0 Å². The predicted molar refractivity (Wildman–Crippen MR) is 132 cm³/mol. The molecular weight excluding hydrogens is 522 g/mol. The summed E-state index contributed by atoms with van der Waals surface area (Å²) in [5, 5.41) is 9.46. The maximum atomic E-state index is 15.8. The summed E-state index contributed by atoms with van der Waals surface area (Å²) in [6.07, 6.45) is 4.41. The number of halogens is 3. The molecule has 35 heavy (non-hydrogen) atoms. The van der Waals surface area contributed by atoms with Crippen LogP contribution in [0, 0.1) is 11.6 Å². The number of ether oxygens (including phenoxy) is 2. The Morgan fingerprint density at radius 3 is 2.80 bits per heavy atom. The van der Waals surface area contributed by atoms with Crippen LogP contribution in [0.3, 0.4) is 0 Å². The Labute approximate surface area is 211 Å². The molecule has 9 heteroatoms. The number of Topliss-reactive ketones (excluding diaryl/α,β-unsaturated/α-hetero) is 1. The Balaban J connectivity index is 1.75. The highest BCUT2D eigenvalue weighted by atomic mass is 79.9. The average molecular weight is 551 g/mol. The van der Waals surface area contributed by atoms with E-state index >= 15 is 4.39 Å². The molecule has 3 aromatic rings. The van der Waals surface area contributed by atoms with Gasteiger partial charge < -0.3 is 19.1 Å². The van der Waals surface area contributed by atoms with Crippen LogP contribution in [0.5, 0.6) is 0 Å². The third-order valence-electron chi connectivity index (χ3n) is 6.29. The molecule has 2 heterocycles. The van der Waals surface area contributed by atoms with Crippen molar-refractivity contribution in [3.8, 4) is 0 Å². The van der Waals surface area contributed by atoms with Gasteiger partial charge in [-0.15, -0.1) is 0 Å². The van der Waals surface area contributed by atoms with E-state index in [9.17, 15) is 14.3 Å². The van der Waals surface area contributed by atoms with E-state index in [0.29, 0.717) is 23.1 Å². The van der Waals surface area contributed by atoms with Crippen LogP contribution in [-0.4, -0.2) is 52.0 Å². The first-order chi connectivity index (χ1) is 16.7. The van der Waals surface area contributed by atoms with E-state index in [4.69, 9.17) is 9.47 Å². The smallest absolute Gasteiger partial charge is 0.188 e. The molecule has 2 aromatic carbocycles. The Hall–Kier alpha value is -2.20. The number of imidazole rings is 1. The summed E-state index contributed by atoms with van der Waals surface area (Å²) in [6.45, 7) is 3.87. The summed E-state index contributed by atoms with van der Waals surface area (Å²) in [6, 6.07) is 6.14. The minimum Gasteiger partial charge on any atom is -0.393 e. The first-order valence-electron chi connectivity index (χ1n) is 11.7. The molecule has 0 bridgehead atoms. The maximum absolute atomic E-state index is 15.8. The lowest BCUT2D eigenvalue weighted by atomic mass is 9.95. The molecule has 1 N–H and O–H groups in total. The van der Waals surface area contributed by atoms with Crippen LogP contribution in [0.2, 0.25) is 0 Å². The minimum atomic E-state index is -0.934. The molecule has 0 aliphatic carbocycles. The highest BCUT2D eigenvalue weighted by Gasteiger charge is 2.26. The Kier molecular flexibility index (Phi) is 8.00. The summed E-state index contributed by atoms with van der Waals surface area (Å²) in [4.78, 5) is 17.5. The lowest BCUT2D eigenvalue weighted by molar-refractivity contribution is -0.0447. The maximum Gasteiger partial charge on any atom is 0.188 e. The van der Waals surface area contributed by atoms with Crippen molar-refractivity contribution in [1.29, 1.82) is 0 Å². The van der Waals surface area contributed by atoms with Gasteiger partial charge in [0.1, 0.15) is 17.9 Å². The number of carbonyl (C=O) groups is 1. The molecule has 0 spiro atoms. The number of hydrogen-bond acceptors (Lipinski definition) is 5. The van der Waals surface area contributed by atoms with Gasteiger partial charge >= 0.3 is 0 Å². The largest absolute Gasteiger partial charge is 0.393 e. The molecule has 1 aliphatic rings. The summed E-state index contributed by atoms with van der Waals surface area (Å²) >= 11 is 3.23. The molecular formula is C26H29BrF2N2O4. The highest BCUT2D eigenvalue weighted by molar-refractivity contribution is 9.10. The van der Waals surface area contributed by atoms with Crippen molar-refractivity contribution < 1.29 is 28.2 Å². The van der Waals surface area contributed by atoms with Gasteiger partial charge in [0.15, 0.2) is 11.6 Å². The molecule has 0 amide bonds. The first-order valence-corrected chi connectivity index (χ1v) is 12.5. The van der Waals surface area contributed by atoms with E-state index in [1.54, 1.807) is 42.9 Å². The molecule has 1 atom stereocenters. The second kappa shape index (κ2) is 10.8. The predicted octanol–water partition coefficient (Wildman–Crippen LogP) is 5.21. The first kappa shape index (κ1) is 25.9. The van der Waals surface area contributed by atoms with Gasteiger partial charge in [0.25, 0.3) is 0 Å².